The summed E-state index contributed by atoms with van der Waals surface area (Å²) in [5.74, 6) is 1.45. The first-order valence-electron chi connectivity index (χ1n) is 10.7. The van der Waals surface area contributed by atoms with Gasteiger partial charge in [0, 0.05) is 41.6 Å². The first-order valence-corrected chi connectivity index (χ1v) is 10.7. The number of nitrogens with one attached hydrogen (secondary N) is 1. The maximum Gasteiger partial charge on any atom is 0.341 e. The van der Waals surface area contributed by atoms with Gasteiger partial charge in [-0.05, 0) is 66.3 Å². The van der Waals surface area contributed by atoms with E-state index in [1.165, 1.54) is 7.11 Å². The molecule has 1 aliphatic carbocycles. The van der Waals surface area contributed by atoms with Crippen LogP contribution in [0.5, 0.6) is 5.75 Å². The first kappa shape index (κ1) is 20.1. The highest BCUT2D eigenvalue weighted by molar-refractivity contribution is 5.99. The van der Waals surface area contributed by atoms with E-state index in [0.717, 1.165) is 51.9 Å². The molecule has 1 aliphatic rings. The van der Waals surface area contributed by atoms with Crippen LogP contribution in [0.2, 0.25) is 0 Å². The van der Waals surface area contributed by atoms with Crippen molar-refractivity contribution in [3.05, 3.63) is 72.1 Å². The van der Waals surface area contributed by atoms with Crippen LogP contribution in [0.4, 0.5) is 11.5 Å². The van der Waals surface area contributed by atoms with Crippen molar-refractivity contribution < 1.29 is 14.3 Å². The Balaban J connectivity index is 1.53. The monoisotopic (exact) mass is 427 g/mol. The van der Waals surface area contributed by atoms with Gasteiger partial charge in [-0.3, -0.25) is 0 Å². The number of ether oxygens (including phenoxy) is 2. The zero-order valence-corrected chi connectivity index (χ0v) is 18.4. The molecule has 162 valence electrons. The van der Waals surface area contributed by atoms with Gasteiger partial charge in [-0.15, -0.1) is 0 Å². The normalized spacial score (nSPS) is 13.2. The van der Waals surface area contributed by atoms with E-state index in [4.69, 9.17) is 9.47 Å². The van der Waals surface area contributed by atoms with Gasteiger partial charge in [0.15, 0.2) is 0 Å². The smallest absolute Gasteiger partial charge is 0.341 e. The molecule has 0 spiro atoms. The van der Waals surface area contributed by atoms with E-state index < -0.39 is 0 Å². The minimum absolute atomic E-state index is 0.387. The van der Waals surface area contributed by atoms with Crippen molar-refractivity contribution in [1.29, 1.82) is 0 Å². The van der Waals surface area contributed by atoms with Gasteiger partial charge in [-0.2, -0.15) is 0 Å². The molecule has 1 N–H and O–H groups in total. The van der Waals surface area contributed by atoms with Gasteiger partial charge < -0.3 is 19.4 Å². The van der Waals surface area contributed by atoms with Crippen molar-refractivity contribution in [2.75, 3.05) is 19.5 Å². The molecular weight excluding hydrogens is 402 g/mol. The molecule has 4 aromatic rings. The van der Waals surface area contributed by atoms with Crippen molar-refractivity contribution in [3.8, 4) is 16.9 Å². The Labute approximate surface area is 186 Å². The summed E-state index contributed by atoms with van der Waals surface area (Å²) in [5.41, 5.74) is 5.76. The molecule has 2 aromatic heterocycles. The molecule has 0 amide bonds. The maximum absolute atomic E-state index is 12.4. The zero-order chi connectivity index (χ0) is 22.2. The lowest BCUT2D eigenvalue weighted by Gasteiger charge is -2.12. The van der Waals surface area contributed by atoms with Crippen molar-refractivity contribution in [3.63, 3.8) is 0 Å². The Morgan fingerprint density at radius 3 is 2.56 bits per heavy atom. The van der Waals surface area contributed by atoms with Crippen LogP contribution in [-0.4, -0.2) is 29.7 Å². The molecule has 0 saturated heterocycles. The number of nitrogens with zero attached hydrogens (tertiary/aromatic N) is 2. The molecule has 6 nitrogen and oxygen atoms in total. The molecule has 6 heteroatoms. The quantitative estimate of drug-likeness (QED) is 0.403. The molecule has 2 heterocycles. The van der Waals surface area contributed by atoms with Crippen LogP contribution < -0.4 is 10.1 Å². The summed E-state index contributed by atoms with van der Waals surface area (Å²) in [5, 5.41) is 4.44. The second-order valence-electron chi connectivity index (χ2n) is 8.17. The minimum Gasteiger partial charge on any atom is -0.497 e. The van der Waals surface area contributed by atoms with Crippen LogP contribution >= 0.6 is 0 Å². The van der Waals surface area contributed by atoms with Gasteiger partial charge in [-0.25, -0.2) is 9.78 Å². The topological polar surface area (TPSA) is 65.4 Å². The number of esters is 1. The second kappa shape index (κ2) is 8.04. The summed E-state index contributed by atoms with van der Waals surface area (Å²) in [6, 6.07) is 16.1. The number of aryl methyl sites for hydroxylation is 1. The molecule has 32 heavy (non-hydrogen) atoms. The molecule has 1 fully saturated rings. The fraction of sp³-hybridized carbons (Fsp3) is 0.231. The number of carbonyl (C=O) groups is 1. The second-order valence-corrected chi connectivity index (χ2v) is 8.17. The van der Waals surface area contributed by atoms with Crippen molar-refractivity contribution >= 4 is 28.4 Å². The third-order valence-corrected chi connectivity index (χ3v) is 6.02. The highest BCUT2D eigenvalue weighted by Gasteiger charge is 2.26. The Bertz CT molecular complexity index is 1300. The van der Waals surface area contributed by atoms with Gasteiger partial charge in [0.25, 0.3) is 0 Å². The van der Waals surface area contributed by atoms with Crippen molar-refractivity contribution in [2.24, 2.45) is 7.05 Å². The summed E-state index contributed by atoms with van der Waals surface area (Å²) in [6.07, 6.45) is 6.27. The average molecular weight is 428 g/mol. The molecule has 0 aliphatic heterocycles. The number of fused-ring (bicyclic) bond motifs is 1. The molecule has 0 atom stereocenters. The Morgan fingerprint density at radius 1 is 1.09 bits per heavy atom. The van der Waals surface area contributed by atoms with E-state index in [9.17, 15) is 4.79 Å². The van der Waals surface area contributed by atoms with E-state index in [-0.39, 0.29) is 5.97 Å². The van der Waals surface area contributed by atoms with Crippen LogP contribution in [-0.2, 0) is 11.8 Å². The summed E-state index contributed by atoms with van der Waals surface area (Å²) < 4.78 is 12.4. The predicted molar refractivity (Wildman–Crippen MR) is 126 cm³/mol. The molecule has 0 bridgehead atoms. The maximum atomic E-state index is 12.4. The summed E-state index contributed by atoms with van der Waals surface area (Å²) in [6.45, 7) is 0. The first-order chi connectivity index (χ1) is 15.6. The van der Waals surface area contributed by atoms with Gasteiger partial charge >= 0.3 is 5.97 Å². The van der Waals surface area contributed by atoms with Crippen molar-refractivity contribution in [2.45, 2.75) is 18.8 Å². The van der Waals surface area contributed by atoms with E-state index in [0.29, 0.717) is 17.3 Å². The fourth-order valence-corrected chi connectivity index (χ4v) is 4.09. The SMILES string of the molecule is COC(=O)c1cc(C2CC2)cnc1Nc1ccc2c(c1)c(-c1ccc(OC)cc1)cn2C. The number of benzene rings is 2. The number of methoxy groups -OCH3 is 2. The van der Waals surface area contributed by atoms with Crippen molar-refractivity contribution in [1.82, 2.24) is 9.55 Å². The number of carbonyl (C=O) groups excluding carboxylic acids is 1. The molecule has 0 unspecified atom stereocenters. The third kappa shape index (κ3) is 3.68. The molecule has 2 aromatic carbocycles. The van der Waals surface area contributed by atoms with E-state index in [1.807, 2.05) is 37.5 Å². The lowest BCUT2D eigenvalue weighted by Crippen LogP contribution is -2.08. The molecular formula is C26H25N3O3. The summed E-state index contributed by atoms with van der Waals surface area (Å²) in [4.78, 5) is 17.0. The Morgan fingerprint density at radius 2 is 1.88 bits per heavy atom. The lowest BCUT2D eigenvalue weighted by molar-refractivity contribution is 0.0601. The summed E-state index contributed by atoms with van der Waals surface area (Å²) >= 11 is 0. The Hall–Kier alpha value is -3.80. The van der Waals surface area contributed by atoms with Gasteiger partial charge in [0.1, 0.15) is 17.1 Å². The fourth-order valence-electron chi connectivity index (χ4n) is 4.09. The van der Waals surface area contributed by atoms with E-state index >= 15 is 0 Å². The largest absolute Gasteiger partial charge is 0.497 e. The van der Waals surface area contributed by atoms with E-state index in [2.05, 4.69) is 45.3 Å². The number of hydrogen-bond acceptors (Lipinski definition) is 5. The molecule has 1 saturated carbocycles. The number of aromatic nitrogens is 2. The van der Waals surface area contributed by atoms with Crippen LogP contribution in [0.15, 0.2) is 60.9 Å². The molecule has 0 radical (unpaired) electrons. The third-order valence-electron chi connectivity index (χ3n) is 6.02. The Kier molecular flexibility index (Phi) is 5.05. The number of rotatable bonds is 6. The van der Waals surface area contributed by atoms with Crippen LogP contribution in [0, 0.1) is 0 Å². The number of pyridine rings is 1. The van der Waals surface area contributed by atoms with E-state index in [1.54, 1.807) is 7.11 Å². The predicted octanol–water partition coefficient (Wildman–Crippen LogP) is 5.66. The lowest BCUT2D eigenvalue weighted by atomic mass is 10.0. The standard InChI is InChI=1S/C26H25N3O3/c1-29-15-23(17-6-9-20(31-2)10-7-17)21-13-19(8-11-24(21)29)28-25-22(26(30)32-3)12-18(14-27-25)16-4-5-16/h6-16H,4-5H2,1-3H3,(H,27,28). The molecule has 5 rings (SSSR count). The number of hydrogen-bond donors (Lipinski definition) is 1. The number of anilines is 2. The highest BCUT2D eigenvalue weighted by atomic mass is 16.5. The highest BCUT2D eigenvalue weighted by Crippen LogP contribution is 2.41. The zero-order valence-electron chi connectivity index (χ0n) is 18.4. The average Bonchev–Trinajstić information content (AvgIpc) is 3.63. The van der Waals surface area contributed by atoms with Crippen LogP contribution in [0.1, 0.15) is 34.7 Å². The van der Waals surface area contributed by atoms with Crippen LogP contribution in [0.25, 0.3) is 22.0 Å². The van der Waals surface area contributed by atoms with Gasteiger partial charge in [-0.1, -0.05) is 12.1 Å². The van der Waals surface area contributed by atoms with Gasteiger partial charge in [0.2, 0.25) is 0 Å². The summed E-state index contributed by atoms with van der Waals surface area (Å²) in [7, 11) is 5.10. The van der Waals surface area contributed by atoms with Gasteiger partial charge in [0.05, 0.1) is 14.2 Å². The van der Waals surface area contributed by atoms with Crippen LogP contribution in [0.3, 0.4) is 0 Å². The minimum atomic E-state index is -0.387.